The van der Waals surface area contributed by atoms with Gasteiger partial charge in [0.1, 0.15) is 17.1 Å². The molecule has 0 fully saturated rings. The molecule has 2 rings (SSSR count). The Balaban J connectivity index is 1.87. The van der Waals surface area contributed by atoms with Crippen molar-refractivity contribution >= 4 is 17.6 Å². The van der Waals surface area contributed by atoms with Gasteiger partial charge in [0.2, 0.25) is 0 Å². The van der Waals surface area contributed by atoms with E-state index in [0.717, 1.165) is 12.1 Å². The molecule has 0 bridgehead atoms. The highest BCUT2D eigenvalue weighted by molar-refractivity contribution is 5.96. The molecule has 1 aromatic carbocycles. The van der Waals surface area contributed by atoms with Crippen LogP contribution in [0.1, 0.15) is 21.8 Å². The Kier molecular flexibility index (Phi) is 5.30. The number of alkyl halides is 3. The minimum atomic E-state index is -4.79. The average Bonchev–Trinajstić information content (AvgIpc) is 2.84. The van der Waals surface area contributed by atoms with Gasteiger partial charge in [-0.15, -0.1) is 13.2 Å². The Morgan fingerprint density at radius 2 is 1.84 bits per heavy atom. The van der Waals surface area contributed by atoms with Gasteiger partial charge < -0.3 is 19.3 Å². The predicted molar refractivity (Wildman–Crippen MR) is 78.0 cm³/mol. The maximum atomic E-state index is 12.0. The summed E-state index contributed by atoms with van der Waals surface area (Å²) in [4.78, 5) is 23.6. The van der Waals surface area contributed by atoms with E-state index in [9.17, 15) is 22.8 Å². The molecule has 0 spiro atoms. The Hall–Kier alpha value is -3.04. The summed E-state index contributed by atoms with van der Waals surface area (Å²) in [7, 11) is 0. The smallest absolute Gasteiger partial charge is 0.452 e. The van der Waals surface area contributed by atoms with Crippen molar-refractivity contribution in [1.82, 2.24) is 5.16 Å². The van der Waals surface area contributed by atoms with E-state index in [2.05, 4.69) is 15.2 Å². The van der Waals surface area contributed by atoms with Crippen LogP contribution in [0.15, 0.2) is 28.8 Å². The number of hydrogen-bond donors (Lipinski definition) is 1. The third kappa shape index (κ3) is 5.23. The van der Waals surface area contributed by atoms with Crippen LogP contribution in [0, 0.1) is 13.8 Å². The summed E-state index contributed by atoms with van der Waals surface area (Å²) in [5, 5.41) is 5.97. The summed E-state index contributed by atoms with van der Waals surface area (Å²) in [5.41, 5.74) is 0.692. The third-order valence-corrected chi connectivity index (χ3v) is 2.94. The van der Waals surface area contributed by atoms with Crippen LogP contribution in [0.25, 0.3) is 0 Å². The lowest BCUT2D eigenvalue weighted by Crippen LogP contribution is -2.21. The number of nitrogens with zero attached hydrogens (tertiary/aromatic N) is 1. The summed E-state index contributed by atoms with van der Waals surface area (Å²) in [6, 6.07) is 4.52. The molecule has 1 aromatic heterocycles. The van der Waals surface area contributed by atoms with E-state index >= 15 is 0 Å². The minimum Gasteiger partial charge on any atom is -0.452 e. The Labute approximate surface area is 139 Å². The van der Waals surface area contributed by atoms with Crippen LogP contribution in [0.3, 0.4) is 0 Å². The molecule has 0 saturated carbocycles. The molecule has 0 aliphatic heterocycles. The van der Waals surface area contributed by atoms with E-state index in [1.165, 1.54) is 19.1 Å². The van der Waals surface area contributed by atoms with Gasteiger partial charge in [-0.05, 0) is 38.1 Å². The number of ether oxygens (including phenoxy) is 2. The lowest BCUT2D eigenvalue weighted by atomic mass is 10.2. The van der Waals surface area contributed by atoms with E-state index in [0.29, 0.717) is 5.69 Å². The van der Waals surface area contributed by atoms with Crippen molar-refractivity contribution in [2.75, 3.05) is 11.9 Å². The first-order chi connectivity index (χ1) is 11.7. The fraction of sp³-hybridized carbons (Fsp3) is 0.267. The first-order valence-corrected chi connectivity index (χ1v) is 6.91. The van der Waals surface area contributed by atoms with E-state index in [-0.39, 0.29) is 17.0 Å². The molecule has 0 unspecified atom stereocenters. The highest BCUT2D eigenvalue weighted by Gasteiger charge is 2.31. The zero-order valence-corrected chi connectivity index (χ0v) is 13.1. The molecule has 1 heterocycles. The second-order valence-electron chi connectivity index (χ2n) is 4.90. The van der Waals surface area contributed by atoms with Crippen LogP contribution in [0.5, 0.6) is 5.75 Å². The van der Waals surface area contributed by atoms with Crippen molar-refractivity contribution in [3.05, 3.63) is 41.3 Å². The van der Waals surface area contributed by atoms with Crippen LogP contribution in [0.4, 0.5) is 18.9 Å². The summed E-state index contributed by atoms with van der Waals surface area (Å²) in [6.45, 7) is 2.50. The number of rotatable bonds is 5. The quantitative estimate of drug-likeness (QED) is 0.827. The van der Waals surface area contributed by atoms with Crippen LogP contribution < -0.4 is 10.1 Å². The third-order valence-electron chi connectivity index (χ3n) is 2.94. The Morgan fingerprint density at radius 1 is 1.20 bits per heavy atom. The summed E-state index contributed by atoms with van der Waals surface area (Å²) in [6.07, 6.45) is -4.79. The molecule has 0 radical (unpaired) electrons. The van der Waals surface area contributed by atoms with Gasteiger partial charge in [0.05, 0.1) is 5.69 Å². The summed E-state index contributed by atoms with van der Waals surface area (Å²) < 4.78 is 49.5. The molecule has 0 saturated heterocycles. The van der Waals surface area contributed by atoms with Crippen LogP contribution in [-0.2, 0) is 9.53 Å². The van der Waals surface area contributed by atoms with Gasteiger partial charge in [0, 0.05) is 5.69 Å². The van der Waals surface area contributed by atoms with Gasteiger partial charge in [0.15, 0.2) is 6.61 Å². The van der Waals surface area contributed by atoms with Crippen molar-refractivity contribution in [2.45, 2.75) is 20.2 Å². The van der Waals surface area contributed by atoms with Gasteiger partial charge in [-0.1, -0.05) is 5.16 Å². The average molecular weight is 358 g/mol. The van der Waals surface area contributed by atoms with Crippen LogP contribution in [-0.4, -0.2) is 30.0 Å². The number of hydrogen-bond acceptors (Lipinski definition) is 6. The van der Waals surface area contributed by atoms with E-state index in [1.807, 2.05) is 0 Å². The standard InChI is InChI=1S/C15H13F3N2O5/c1-8-13(9(2)25-20-8)14(22)23-7-12(21)19-10-3-5-11(6-4-10)24-15(16,17)18/h3-6H,7H2,1-2H3,(H,19,21). The molecule has 0 aliphatic carbocycles. The second-order valence-corrected chi connectivity index (χ2v) is 4.90. The number of esters is 1. The number of halogens is 3. The van der Waals surface area contributed by atoms with Gasteiger partial charge in [-0.25, -0.2) is 4.79 Å². The highest BCUT2D eigenvalue weighted by atomic mass is 19.4. The Morgan fingerprint density at radius 3 is 2.36 bits per heavy atom. The number of carbonyl (C=O) groups is 2. The number of carbonyl (C=O) groups excluding carboxylic acids is 2. The van der Waals surface area contributed by atoms with Crippen molar-refractivity contribution < 1.29 is 36.8 Å². The molecule has 134 valence electrons. The highest BCUT2D eigenvalue weighted by Crippen LogP contribution is 2.23. The summed E-state index contributed by atoms with van der Waals surface area (Å²) in [5.74, 6) is -1.58. The van der Waals surface area contributed by atoms with Crippen molar-refractivity contribution in [3.8, 4) is 5.75 Å². The van der Waals surface area contributed by atoms with Crippen molar-refractivity contribution in [2.24, 2.45) is 0 Å². The molecule has 1 amide bonds. The summed E-state index contributed by atoms with van der Waals surface area (Å²) >= 11 is 0. The van der Waals surface area contributed by atoms with Gasteiger partial charge >= 0.3 is 12.3 Å². The molecular formula is C15H13F3N2O5. The molecule has 0 aliphatic rings. The first-order valence-electron chi connectivity index (χ1n) is 6.91. The molecule has 1 N–H and O–H groups in total. The zero-order valence-electron chi connectivity index (χ0n) is 13.1. The topological polar surface area (TPSA) is 90.7 Å². The molecular weight excluding hydrogens is 345 g/mol. The minimum absolute atomic E-state index is 0.140. The molecule has 0 atom stereocenters. The zero-order chi connectivity index (χ0) is 18.6. The molecule has 10 heteroatoms. The second kappa shape index (κ2) is 7.24. The number of aryl methyl sites for hydroxylation is 2. The maximum absolute atomic E-state index is 12.0. The molecule has 25 heavy (non-hydrogen) atoms. The van der Waals surface area contributed by atoms with E-state index in [1.54, 1.807) is 6.92 Å². The fourth-order valence-corrected chi connectivity index (χ4v) is 1.91. The van der Waals surface area contributed by atoms with Gasteiger partial charge in [0.25, 0.3) is 5.91 Å². The number of aromatic nitrogens is 1. The van der Waals surface area contributed by atoms with Crippen LogP contribution >= 0.6 is 0 Å². The monoisotopic (exact) mass is 358 g/mol. The molecule has 2 aromatic rings. The number of benzene rings is 1. The van der Waals surface area contributed by atoms with Crippen molar-refractivity contribution in [3.63, 3.8) is 0 Å². The van der Waals surface area contributed by atoms with Crippen LogP contribution in [0.2, 0.25) is 0 Å². The maximum Gasteiger partial charge on any atom is 0.573 e. The number of amides is 1. The van der Waals surface area contributed by atoms with Gasteiger partial charge in [-0.2, -0.15) is 0 Å². The Bertz CT molecular complexity index is 749. The van der Waals surface area contributed by atoms with E-state index < -0.39 is 30.6 Å². The largest absolute Gasteiger partial charge is 0.573 e. The first kappa shape index (κ1) is 18.3. The number of anilines is 1. The normalized spacial score (nSPS) is 11.1. The lowest BCUT2D eigenvalue weighted by molar-refractivity contribution is -0.274. The lowest BCUT2D eigenvalue weighted by Gasteiger charge is -2.10. The van der Waals surface area contributed by atoms with Gasteiger partial charge in [-0.3, -0.25) is 4.79 Å². The molecule has 7 nitrogen and oxygen atoms in total. The van der Waals surface area contributed by atoms with Crippen molar-refractivity contribution in [1.29, 1.82) is 0 Å². The van der Waals surface area contributed by atoms with E-state index in [4.69, 9.17) is 9.26 Å². The number of nitrogens with one attached hydrogen (secondary N) is 1. The predicted octanol–water partition coefficient (Wildman–Crippen LogP) is 2.99. The fourth-order valence-electron chi connectivity index (χ4n) is 1.91. The SMILES string of the molecule is Cc1noc(C)c1C(=O)OCC(=O)Nc1ccc(OC(F)(F)F)cc1.